The second-order valence-electron chi connectivity index (χ2n) is 5.76. The van der Waals surface area contributed by atoms with E-state index in [0.717, 1.165) is 17.1 Å². The smallest absolute Gasteiger partial charge is 0.267 e. The molecule has 0 aliphatic heterocycles. The van der Waals surface area contributed by atoms with Gasteiger partial charge in [0, 0.05) is 25.7 Å². The summed E-state index contributed by atoms with van der Waals surface area (Å²) in [4.78, 5) is 18.5. The molecule has 1 heterocycles. The molecule has 0 unspecified atom stereocenters. The molecular weight excluding hydrogens is 320 g/mol. The molecule has 0 aliphatic carbocycles. The molecule has 1 amide bonds. The lowest BCUT2D eigenvalue weighted by Crippen LogP contribution is -2.15. The molecule has 0 atom stereocenters. The minimum absolute atomic E-state index is 0.0782. The van der Waals surface area contributed by atoms with Crippen molar-refractivity contribution in [2.24, 2.45) is 0 Å². The molecule has 124 valence electrons. The van der Waals surface area contributed by atoms with Crippen molar-refractivity contribution >= 4 is 28.6 Å². The summed E-state index contributed by atoms with van der Waals surface area (Å²) >= 11 is 1.29. The predicted molar refractivity (Wildman–Crippen MR) is 89.6 cm³/mol. The Morgan fingerprint density at radius 1 is 1.26 bits per heavy atom. The monoisotopic (exact) mass is 339 g/mol. The number of nitrogens with zero attached hydrogens (tertiary/aromatic N) is 2. The Labute approximate surface area is 138 Å². The topological polar surface area (TPSA) is 45.2 Å². The third-order valence-corrected chi connectivity index (χ3v) is 4.69. The fourth-order valence-electron chi connectivity index (χ4n) is 2.13. The maximum absolute atomic E-state index is 14.0. The van der Waals surface area contributed by atoms with Crippen LogP contribution in [0.15, 0.2) is 12.1 Å². The quantitative estimate of drug-likeness (QED) is 0.909. The van der Waals surface area contributed by atoms with E-state index in [1.54, 1.807) is 21.0 Å². The summed E-state index contributed by atoms with van der Waals surface area (Å²) in [6.45, 7) is 5.73. The van der Waals surface area contributed by atoms with Crippen molar-refractivity contribution in [3.05, 3.63) is 39.3 Å². The van der Waals surface area contributed by atoms with Crippen LogP contribution >= 0.6 is 11.3 Å². The first kappa shape index (κ1) is 17.3. The number of aromatic nitrogens is 1. The summed E-state index contributed by atoms with van der Waals surface area (Å²) in [6, 6.07) is 2.21. The molecule has 0 fully saturated rings. The van der Waals surface area contributed by atoms with Crippen LogP contribution in [0.5, 0.6) is 0 Å². The summed E-state index contributed by atoms with van der Waals surface area (Å²) in [5.74, 6) is -1.65. The van der Waals surface area contributed by atoms with E-state index in [9.17, 15) is 13.6 Å². The number of benzene rings is 1. The first-order valence-electron chi connectivity index (χ1n) is 7.15. The standard InChI is InChI=1S/C16H19F2N3OS/c1-8(2)16-19-9(3)14(23-16)15(22)20-10-6-11(17)13(21(4)5)12(18)7-10/h6-8H,1-5H3,(H,20,22). The Morgan fingerprint density at radius 2 is 1.83 bits per heavy atom. The third kappa shape index (κ3) is 3.67. The largest absolute Gasteiger partial charge is 0.373 e. The molecule has 0 aliphatic rings. The Balaban J connectivity index is 2.27. The normalized spacial score (nSPS) is 11.0. The van der Waals surface area contributed by atoms with Crippen LogP contribution in [0.2, 0.25) is 0 Å². The maximum atomic E-state index is 14.0. The Bertz CT molecular complexity index is 718. The highest BCUT2D eigenvalue weighted by Gasteiger charge is 2.19. The number of nitrogens with one attached hydrogen (secondary N) is 1. The van der Waals surface area contributed by atoms with Gasteiger partial charge in [0.2, 0.25) is 0 Å². The van der Waals surface area contributed by atoms with Crippen molar-refractivity contribution in [2.45, 2.75) is 26.7 Å². The van der Waals surface area contributed by atoms with E-state index in [1.165, 1.54) is 16.2 Å². The molecule has 1 N–H and O–H groups in total. The van der Waals surface area contributed by atoms with Crippen LogP contribution in [-0.2, 0) is 0 Å². The molecule has 2 rings (SSSR count). The highest BCUT2D eigenvalue weighted by molar-refractivity contribution is 7.14. The zero-order valence-corrected chi connectivity index (χ0v) is 14.5. The number of carbonyl (C=O) groups excluding carboxylic acids is 1. The molecule has 1 aromatic heterocycles. The van der Waals surface area contributed by atoms with Crippen LogP contribution < -0.4 is 10.2 Å². The van der Waals surface area contributed by atoms with E-state index in [0.29, 0.717) is 10.6 Å². The second kappa shape index (κ2) is 6.62. The van der Waals surface area contributed by atoms with E-state index in [-0.39, 0.29) is 17.3 Å². The number of carbonyl (C=O) groups is 1. The fraction of sp³-hybridized carbons (Fsp3) is 0.375. The molecule has 23 heavy (non-hydrogen) atoms. The van der Waals surface area contributed by atoms with Gasteiger partial charge in [-0.3, -0.25) is 4.79 Å². The summed E-state index contributed by atoms with van der Waals surface area (Å²) in [5.41, 5.74) is 0.551. The lowest BCUT2D eigenvalue weighted by Gasteiger charge is -2.15. The van der Waals surface area contributed by atoms with Gasteiger partial charge in [0.05, 0.1) is 10.7 Å². The van der Waals surface area contributed by atoms with Gasteiger partial charge in [0.25, 0.3) is 5.91 Å². The summed E-state index contributed by atoms with van der Waals surface area (Å²) in [6.07, 6.45) is 0. The Hall–Kier alpha value is -2.02. The number of anilines is 2. The van der Waals surface area contributed by atoms with E-state index in [1.807, 2.05) is 13.8 Å². The van der Waals surface area contributed by atoms with Crippen LogP contribution in [0.25, 0.3) is 0 Å². The zero-order chi connectivity index (χ0) is 17.3. The average Bonchev–Trinajstić information content (AvgIpc) is 2.79. The number of amides is 1. The summed E-state index contributed by atoms with van der Waals surface area (Å²) in [5, 5.41) is 3.39. The number of aryl methyl sites for hydroxylation is 1. The van der Waals surface area contributed by atoms with Crippen molar-refractivity contribution in [2.75, 3.05) is 24.3 Å². The van der Waals surface area contributed by atoms with E-state index < -0.39 is 17.5 Å². The first-order chi connectivity index (χ1) is 10.7. The van der Waals surface area contributed by atoms with Gasteiger partial charge in [0.1, 0.15) is 10.6 Å². The number of thiazole rings is 1. The molecule has 0 radical (unpaired) electrons. The Kier molecular flexibility index (Phi) is 4.99. The van der Waals surface area contributed by atoms with E-state index in [4.69, 9.17) is 0 Å². The Morgan fingerprint density at radius 3 is 2.26 bits per heavy atom. The van der Waals surface area contributed by atoms with Crippen LogP contribution in [0.4, 0.5) is 20.2 Å². The van der Waals surface area contributed by atoms with Crippen molar-refractivity contribution < 1.29 is 13.6 Å². The molecule has 4 nitrogen and oxygen atoms in total. The van der Waals surface area contributed by atoms with Gasteiger partial charge < -0.3 is 10.2 Å². The van der Waals surface area contributed by atoms with Gasteiger partial charge in [0.15, 0.2) is 11.6 Å². The molecule has 0 saturated carbocycles. The van der Waals surface area contributed by atoms with Gasteiger partial charge in [-0.2, -0.15) is 0 Å². The number of rotatable bonds is 4. The SMILES string of the molecule is Cc1nc(C(C)C)sc1C(=O)Nc1cc(F)c(N(C)C)c(F)c1. The minimum atomic E-state index is -0.728. The van der Waals surface area contributed by atoms with Crippen molar-refractivity contribution in [3.63, 3.8) is 0 Å². The van der Waals surface area contributed by atoms with Crippen molar-refractivity contribution in [3.8, 4) is 0 Å². The molecule has 7 heteroatoms. The molecule has 2 aromatic rings. The number of hydrogen-bond donors (Lipinski definition) is 1. The van der Waals surface area contributed by atoms with Crippen molar-refractivity contribution in [1.29, 1.82) is 0 Å². The third-order valence-electron chi connectivity index (χ3n) is 3.24. The van der Waals surface area contributed by atoms with Gasteiger partial charge in [-0.05, 0) is 19.1 Å². The molecule has 0 bridgehead atoms. The average molecular weight is 339 g/mol. The van der Waals surface area contributed by atoms with Gasteiger partial charge >= 0.3 is 0 Å². The molecular formula is C16H19F2N3OS. The predicted octanol–water partition coefficient (Wildman–Crippen LogP) is 4.17. The molecule has 1 aromatic carbocycles. The number of hydrogen-bond acceptors (Lipinski definition) is 4. The maximum Gasteiger partial charge on any atom is 0.267 e. The summed E-state index contributed by atoms with van der Waals surface area (Å²) in [7, 11) is 3.10. The molecule has 0 saturated heterocycles. The van der Waals surface area contributed by atoms with Crippen molar-refractivity contribution in [1.82, 2.24) is 4.98 Å². The van der Waals surface area contributed by atoms with Crippen LogP contribution in [0.3, 0.4) is 0 Å². The van der Waals surface area contributed by atoms with E-state index >= 15 is 0 Å². The lowest BCUT2D eigenvalue weighted by atomic mass is 10.2. The second-order valence-corrected chi connectivity index (χ2v) is 6.79. The summed E-state index contributed by atoms with van der Waals surface area (Å²) < 4.78 is 27.9. The number of halogens is 2. The molecule has 0 spiro atoms. The zero-order valence-electron chi connectivity index (χ0n) is 13.7. The van der Waals surface area contributed by atoms with Gasteiger partial charge in [-0.25, -0.2) is 13.8 Å². The lowest BCUT2D eigenvalue weighted by molar-refractivity contribution is 0.103. The van der Waals surface area contributed by atoms with E-state index in [2.05, 4.69) is 10.3 Å². The van der Waals surface area contributed by atoms with Gasteiger partial charge in [-0.1, -0.05) is 13.8 Å². The van der Waals surface area contributed by atoms with Crippen LogP contribution in [0.1, 0.15) is 40.1 Å². The van der Waals surface area contributed by atoms with Gasteiger partial charge in [-0.15, -0.1) is 11.3 Å². The first-order valence-corrected chi connectivity index (χ1v) is 7.97. The minimum Gasteiger partial charge on any atom is -0.373 e. The highest BCUT2D eigenvalue weighted by Crippen LogP contribution is 2.28. The fourth-order valence-corrected chi connectivity index (χ4v) is 3.09. The van der Waals surface area contributed by atoms with Crippen LogP contribution in [-0.4, -0.2) is 25.0 Å². The van der Waals surface area contributed by atoms with Crippen LogP contribution in [0, 0.1) is 18.6 Å². The highest BCUT2D eigenvalue weighted by atomic mass is 32.1.